The Labute approximate surface area is 183 Å². The van der Waals surface area contributed by atoms with Gasteiger partial charge >= 0.3 is 0 Å². The van der Waals surface area contributed by atoms with Crippen molar-refractivity contribution < 1.29 is 14.1 Å². The van der Waals surface area contributed by atoms with E-state index in [-0.39, 0.29) is 17.5 Å². The minimum atomic E-state index is -0.533. The van der Waals surface area contributed by atoms with E-state index in [0.717, 1.165) is 47.0 Å². The van der Waals surface area contributed by atoms with Gasteiger partial charge in [0.2, 0.25) is 5.91 Å². The summed E-state index contributed by atoms with van der Waals surface area (Å²) in [5.41, 5.74) is 1.86. The second-order valence-corrected chi connectivity index (χ2v) is 9.28. The van der Waals surface area contributed by atoms with E-state index in [1.165, 1.54) is 11.3 Å². The third kappa shape index (κ3) is 4.23. The second kappa shape index (κ2) is 8.22. The minimum Gasteiger partial charge on any atom is -0.360 e. The molecule has 0 bridgehead atoms. The third-order valence-electron chi connectivity index (χ3n) is 5.70. The number of nitrogens with one attached hydrogen (secondary N) is 1. The number of aryl methyl sites for hydroxylation is 1. The van der Waals surface area contributed by atoms with Crippen molar-refractivity contribution in [1.29, 1.82) is 0 Å². The number of aromatic nitrogens is 3. The topological polar surface area (TPSA) is 101 Å². The molecule has 0 unspecified atom stereocenters. The average molecular weight is 438 g/mol. The molecule has 1 saturated carbocycles. The smallest absolute Gasteiger partial charge is 0.276 e. The minimum absolute atomic E-state index is 0.190. The first-order valence-electron chi connectivity index (χ1n) is 10.6. The van der Waals surface area contributed by atoms with Gasteiger partial charge < -0.3 is 14.7 Å². The van der Waals surface area contributed by atoms with Crippen molar-refractivity contribution in [3.63, 3.8) is 0 Å². The largest absolute Gasteiger partial charge is 0.360 e. The highest BCUT2D eigenvalue weighted by Gasteiger charge is 2.35. The van der Waals surface area contributed by atoms with E-state index in [4.69, 9.17) is 4.52 Å². The van der Waals surface area contributed by atoms with Gasteiger partial charge in [-0.3, -0.25) is 9.59 Å². The number of hydrogen-bond donors (Lipinski definition) is 1. The molecule has 1 aromatic carbocycles. The van der Waals surface area contributed by atoms with Crippen LogP contribution in [-0.4, -0.2) is 44.7 Å². The van der Waals surface area contributed by atoms with Gasteiger partial charge in [-0.15, -0.1) is 10.2 Å². The number of carbonyl (C=O) groups is 2. The van der Waals surface area contributed by atoms with Crippen molar-refractivity contribution in [3.05, 3.63) is 46.8 Å². The lowest BCUT2D eigenvalue weighted by atomic mass is 10.0. The fourth-order valence-electron chi connectivity index (χ4n) is 3.91. The molecule has 2 aliphatic rings. The molecule has 1 atom stereocenters. The number of amides is 2. The van der Waals surface area contributed by atoms with Crippen LogP contribution in [-0.2, 0) is 4.79 Å². The molecule has 9 heteroatoms. The van der Waals surface area contributed by atoms with Crippen LogP contribution in [0.25, 0.3) is 10.6 Å². The first kappa shape index (κ1) is 19.9. The van der Waals surface area contributed by atoms with E-state index in [1.807, 2.05) is 31.2 Å². The van der Waals surface area contributed by atoms with Gasteiger partial charge in [0.25, 0.3) is 5.91 Å². The number of benzene rings is 1. The Morgan fingerprint density at radius 3 is 2.81 bits per heavy atom. The summed E-state index contributed by atoms with van der Waals surface area (Å²) >= 11 is 1.50. The quantitative estimate of drug-likeness (QED) is 0.647. The maximum Gasteiger partial charge on any atom is 0.276 e. The lowest BCUT2D eigenvalue weighted by Gasteiger charge is -2.34. The van der Waals surface area contributed by atoms with Gasteiger partial charge in [-0.1, -0.05) is 28.6 Å². The van der Waals surface area contributed by atoms with Crippen LogP contribution >= 0.6 is 11.3 Å². The number of hydrogen-bond acceptors (Lipinski definition) is 7. The molecule has 0 spiro atoms. The van der Waals surface area contributed by atoms with Crippen molar-refractivity contribution >= 4 is 28.8 Å². The average Bonchev–Trinajstić information content (AvgIpc) is 3.35. The van der Waals surface area contributed by atoms with E-state index >= 15 is 0 Å². The van der Waals surface area contributed by atoms with Crippen LogP contribution in [0, 0.1) is 6.92 Å². The maximum absolute atomic E-state index is 13.1. The van der Waals surface area contributed by atoms with Crippen LogP contribution in [0.5, 0.6) is 0 Å². The monoisotopic (exact) mass is 437 g/mol. The number of carbonyl (C=O) groups excluding carboxylic acids is 2. The van der Waals surface area contributed by atoms with Gasteiger partial charge in [0.1, 0.15) is 21.8 Å². The zero-order chi connectivity index (χ0) is 21.4. The molecule has 3 aromatic rings. The lowest BCUT2D eigenvalue weighted by Crippen LogP contribution is -2.50. The molecule has 1 aliphatic heterocycles. The molecule has 5 rings (SSSR count). The highest BCUT2D eigenvalue weighted by molar-refractivity contribution is 7.14. The number of rotatable bonds is 5. The Hall–Kier alpha value is -3.07. The SMILES string of the molecule is Cc1nnc(-c2cccc(NC(=O)[C@@H]3CCCCN3C(=O)c3cc(C4CC4)on3)c2)s1. The fourth-order valence-corrected chi connectivity index (χ4v) is 4.60. The summed E-state index contributed by atoms with van der Waals surface area (Å²) in [7, 11) is 0. The molecule has 1 aliphatic carbocycles. The van der Waals surface area contributed by atoms with Gasteiger partial charge in [0.05, 0.1) is 0 Å². The van der Waals surface area contributed by atoms with Gasteiger partial charge in [-0.25, -0.2) is 0 Å². The molecule has 2 aromatic heterocycles. The maximum atomic E-state index is 13.1. The molecule has 2 amide bonds. The Bertz CT molecular complexity index is 1120. The van der Waals surface area contributed by atoms with E-state index in [9.17, 15) is 9.59 Å². The van der Waals surface area contributed by atoms with E-state index in [2.05, 4.69) is 20.7 Å². The summed E-state index contributed by atoms with van der Waals surface area (Å²) in [6.07, 6.45) is 4.55. The van der Waals surface area contributed by atoms with Crippen LogP contribution in [0.2, 0.25) is 0 Å². The van der Waals surface area contributed by atoms with Crippen LogP contribution in [0.3, 0.4) is 0 Å². The normalized spacial score (nSPS) is 18.7. The van der Waals surface area contributed by atoms with Crippen molar-refractivity contribution in [2.24, 2.45) is 0 Å². The molecule has 8 nitrogen and oxygen atoms in total. The zero-order valence-corrected chi connectivity index (χ0v) is 18.0. The van der Waals surface area contributed by atoms with Crippen LogP contribution < -0.4 is 5.32 Å². The first-order valence-corrected chi connectivity index (χ1v) is 11.4. The first-order chi connectivity index (χ1) is 15.1. The Kier molecular flexibility index (Phi) is 5.27. The molecular weight excluding hydrogens is 414 g/mol. The summed E-state index contributed by atoms with van der Waals surface area (Å²) in [4.78, 5) is 27.8. The van der Waals surface area contributed by atoms with Gasteiger partial charge in [-0.05, 0) is 51.2 Å². The Morgan fingerprint density at radius 2 is 2.03 bits per heavy atom. The third-order valence-corrected chi connectivity index (χ3v) is 6.58. The number of nitrogens with zero attached hydrogens (tertiary/aromatic N) is 4. The molecule has 2 fully saturated rings. The lowest BCUT2D eigenvalue weighted by molar-refractivity contribution is -0.121. The highest BCUT2D eigenvalue weighted by atomic mass is 32.1. The summed E-state index contributed by atoms with van der Waals surface area (Å²) in [5, 5.41) is 16.9. The van der Waals surface area contributed by atoms with Gasteiger partial charge in [0.15, 0.2) is 5.69 Å². The second-order valence-electron chi connectivity index (χ2n) is 8.10. The molecule has 1 N–H and O–H groups in total. The van der Waals surface area contributed by atoms with Crippen LogP contribution in [0.1, 0.15) is 59.3 Å². The van der Waals surface area contributed by atoms with Crippen molar-refractivity contribution in [1.82, 2.24) is 20.3 Å². The molecular formula is C22H23N5O3S. The molecule has 1 saturated heterocycles. The number of likely N-dealkylation sites (tertiary alicyclic amines) is 1. The fraction of sp³-hybridized carbons (Fsp3) is 0.409. The molecule has 160 valence electrons. The highest BCUT2D eigenvalue weighted by Crippen LogP contribution is 2.40. The summed E-state index contributed by atoms with van der Waals surface area (Å²) < 4.78 is 5.34. The number of piperidine rings is 1. The van der Waals surface area contributed by atoms with Crippen molar-refractivity contribution in [2.45, 2.75) is 51.0 Å². The van der Waals surface area contributed by atoms with Crippen molar-refractivity contribution in [2.75, 3.05) is 11.9 Å². The standard InChI is InChI=1S/C22H23N5O3S/c1-13-24-25-21(31-13)15-5-4-6-16(11-15)23-20(28)18-7-2-3-10-27(18)22(29)17-12-19(30-26-17)14-8-9-14/h4-6,11-12,14,18H,2-3,7-10H2,1H3,(H,23,28)/t18-/m0/s1. The summed E-state index contributed by atoms with van der Waals surface area (Å²) in [5.74, 6) is 0.724. The molecule has 3 heterocycles. The number of anilines is 1. The van der Waals surface area contributed by atoms with E-state index in [1.54, 1.807) is 11.0 Å². The molecule has 0 radical (unpaired) electrons. The molecule has 31 heavy (non-hydrogen) atoms. The van der Waals surface area contributed by atoms with Gasteiger partial charge in [0, 0.05) is 29.8 Å². The summed E-state index contributed by atoms with van der Waals surface area (Å²) in [6, 6.07) is 8.73. The van der Waals surface area contributed by atoms with E-state index in [0.29, 0.717) is 24.6 Å². The van der Waals surface area contributed by atoms with Crippen molar-refractivity contribution in [3.8, 4) is 10.6 Å². The summed E-state index contributed by atoms with van der Waals surface area (Å²) in [6.45, 7) is 2.44. The predicted octanol–water partition coefficient (Wildman–Crippen LogP) is 4.01. The zero-order valence-electron chi connectivity index (χ0n) is 17.2. The Balaban J connectivity index is 1.31. The van der Waals surface area contributed by atoms with E-state index < -0.39 is 6.04 Å². The Morgan fingerprint density at radius 1 is 1.16 bits per heavy atom. The van der Waals surface area contributed by atoms with Crippen LogP contribution in [0.15, 0.2) is 34.9 Å². The predicted molar refractivity (Wildman–Crippen MR) is 116 cm³/mol. The van der Waals surface area contributed by atoms with Crippen LogP contribution in [0.4, 0.5) is 5.69 Å². The van der Waals surface area contributed by atoms with Gasteiger partial charge in [-0.2, -0.15) is 0 Å².